The molecule has 0 bridgehead atoms. The fourth-order valence-corrected chi connectivity index (χ4v) is 1.37. The maximum absolute atomic E-state index is 11.0. The number of hydrogen-bond acceptors (Lipinski definition) is 3. The van der Waals surface area contributed by atoms with E-state index < -0.39 is 12.0 Å². The summed E-state index contributed by atoms with van der Waals surface area (Å²) in [6.07, 6.45) is -0.789. The molecule has 1 fully saturated rings. The molecule has 1 aliphatic heterocycles. The van der Waals surface area contributed by atoms with Gasteiger partial charge in [0.2, 0.25) is 11.8 Å². The maximum Gasteiger partial charge on any atom is 0.248 e. The smallest absolute Gasteiger partial charge is 0.248 e. The molecule has 0 spiro atoms. The Morgan fingerprint density at radius 2 is 2.08 bits per heavy atom. The van der Waals surface area contributed by atoms with E-state index in [1.54, 1.807) is 4.90 Å². The van der Waals surface area contributed by atoms with E-state index in [1.165, 1.54) is 6.92 Å². The Hall–Kier alpha value is -1.10. The van der Waals surface area contributed by atoms with Crippen LogP contribution in [0.5, 0.6) is 0 Å². The topological polar surface area (TPSA) is 72.6 Å². The van der Waals surface area contributed by atoms with Crippen LogP contribution in [0.4, 0.5) is 0 Å². The zero-order valence-corrected chi connectivity index (χ0v) is 7.82. The fraction of sp³-hybridized carbons (Fsp3) is 0.750. The van der Waals surface area contributed by atoms with Crippen LogP contribution in [0.25, 0.3) is 0 Å². The minimum Gasteiger partial charge on any atom is -0.367 e. The van der Waals surface area contributed by atoms with Gasteiger partial charge in [0, 0.05) is 13.5 Å². The number of carbonyl (C=O) groups excluding carboxylic acids is 2. The third kappa shape index (κ3) is 2.42. The summed E-state index contributed by atoms with van der Waals surface area (Å²) in [5.74, 6) is -0.570. The maximum atomic E-state index is 11.0. The Morgan fingerprint density at radius 1 is 1.46 bits per heavy atom. The molecular weight excluding hydrogens is 172 g/mol. The molecule has 5 nitrogen and oxygen atoms in total. The van der Waals surface area contributed by atoms with E-state index in [4.69, 9.17) is 10.5 Å². The lowest BCUT2D eigenvalue weighted by atomic mass is 10.2. The Labute approximate surface area is 76.8 Å². The van der Waals surface area contributed by atoms with Crippen molar-refractivity contribution in [2.24, 2.45) is 5.73 Å². The van der Waals surface area contributed by atoms with Gasteiger partial charge in [-0.05, 0) is 6.92 Å². The highest BCUT2D eigenvalue weighted by Crippen LogP contribution is 2.10. The summed E-state index contributed by atoms with van der Waals surface area (Å²) in [5.41, 5.74) is 5.09. The van der Waals surface area contributed by atoms with Crippen molar-refractivity contribution in [3.63, 3.8) is 0 Å². The van der Waals surface area contributed by atoms with Crippen molar-refractivity contribution in [1.29, 1.82) is 0 Å². The van der Waals surface area contributed by atoms with Gasteiger partial charge in [-0.25, -0.2) is 0 Å². The largest absolute Gasteiger partial charge is 0.367 e. The van der Waals surface area contributed by atoms with Gasteiger partial charge < -0.3 is 15.4 Å². The molecule has 13 heavy (non-hydrogen) atoms. The fourth-order valence-electron chi connectivity index (χ4n) is 1.37. The van der Waals surface area contributed by atoms with Crippen molar-refractivity contribution in [3.05, 3.63) is 0 Å². The number of ether oxygens (including phenoxy) is 1. The number of carbonyl (C=O) groups is 2. The summed E-state index contributed by atoms with van der Waals surface area (Å²) in [7, 11) is 0. The average Bonchev–Trinajstić information content (AvgIpc) is 2.03. The van der Waals surface area contributed by atoms with E-state index in [1.807, 2.05) is 6.92 Å². The van der Waals surface area contributed by atoms with E-state index in [0.29, 0.717) is 6.54 Å². The van der Waals surface area contributed by atoms with Crippen LogP contribution in [-0.2, 0) is 14.3 Å². The van der Waals surface area contributed by atoms with Gasteiger partial charge in [0.1, 0.15) is 0 Å². The molecule has 0 aliphatic carbocycles. The zero-order chi connectivity index (χ0) is 10.0. The van der Waals surface area contributed by atoms with Crippen LogP contribution in [0, 0.1) is 0 Å². The zero-order valence-electron chi connectivity index (χ0n) is 7.82. The highest BCUT2D eigenvalue weighted by Gasteiger charge is 2.29. The predicted octanol–water partition coefficient (Wildman–Crippen LogP) is -0.892. The molecule has 0 aromatic heterocycles. The number of hydrogen-bond donors (Lipinski definition) is 1. The molecule has 0 saturated carbocycles. The molecule has 2 amide bonds. The number of morpholine rings is 1. The standard InChI is InChI=1S/C8H14N2O3/c1-5-3-10(6(2)11)4-7(13-5)8(9)12/h5,7H,3-4H2,1-2H3,(H2,9,12)/t5-,7?/m1/s1. The number of primary amides is 1. The second-order valence-electron chi connectivity index (χ2n) is 3.26. The average molecular weight is 186 g/mol. The summed E-state index contributed by atoms with van der Waals surface area (Å²) < 4.78 is 5.26. The lowest BCUT2D eigenvalue weighted by molar-refractivity contribution is -0.151. The molecule has 0 radical (unpaired) electrons. The second-order valence-corrected chi connectivity index (χ2v) is 3.26. The molecule has 0 aromatic carbocycles. The quantitative estimate of drug-likeness (QED) is 0.577. The third-order valence-corrected chi connectivity index (χ3v) is 2.02. The predicted molar refractivity (Wildman–Crippen MR) is 45.8 cm³/mol. The van der Waals surface area contributed by atoms with Crippen LogP contribution >= 0.6 is 0 Å². The lowest BCUT2D eigenvalue weighted by Gasteiger charge is -2.34. The first-order valence-corrected chi connectivity index (χ1v) is 4.21. The van der Waals surface area contributed by atoms with Crippen molar-refractivity contribution >= 4 is 11.8 Å². The van der Waals surface area contributed by atoms with Gasteiger partial charge in [-0.15, -0.1) is 0 Å². The SMILES string of the molecule is CC(=O)N1CC(C(N)=O)O[C@H](C)C1. The number of amides is 2. The molecule has 5 heteroatoms. The summed E-state index contributed by atoms with van der Waals surface area (Å²) >= 11 is 0. The molecule has 1 unspecified atom stereocenters. The molecule has 74 valence electrons. The number of nitrogens with zero attached hydrogens (tertiary/aromatic N) is 1. The van der Waals surface area contributed by atoms with Crippen LogP contribution in [0.15, 0.2) is 0 Å². The molecular formula is C8H14N2O3. The Bertz CT molecular complexity index is 207. The van der Waals surface area contributed by atoms with Gasteiger partial charge in [0.25, 0.3) is 0 Å². The lowest BCUT2D eigenvalue weighted by Crippen LogP contribution is -2.52. The molecule has 1 rings (SSSR count). The number of nitrogens with two attached hydrogens (primary N) is 1. The van der Waals surface area contributed by atoms with Crippen LogP contribution in [0.2, 0.25) is 0 Å². The van der Waals surface area contributed by atoms with E-state index in [-0.39, 0.29) is 18.6 Å². The summed E-state index contributed by atoms with van der Waals surface area (Å²) in [6, 6.07) is 0. The number of rotatable bonds is 1. The monoisotopic (exact) mass is 186 g/mol. The summed E-state index contributed by atoms with van der Waals surface area (Å²) in [4.78, 5) is 23.4. The first-order chi connectivity index (χ1) is 6.00. The van der Waals surface area contributed by atoms with Crippen molar-refractivity contribution in [3.8, 4) is 0 Å². The Balaban J connectivity index is 2.62. The molecule has 2 atom stereocenters. The normalized spacial score (nSPS) is 28.6. The van der Waals surface area contributed by atoms with Gasteiger partial charge in [-0.3, -0.25) is 9.59 Å². The van der Waals surface area contributed by atoms with E-state index in [0.717, 1.165) is 0 Å². The molecule has 2 N–H and O–H groups in total. The molecule has 1 aliphatic rings. The third-order valence-electron chi connectivity index (χ3n) is 2.02. The Kier molecular flexibility index (Phi) is 2.87. The molecule has 1 saturated heterocycles. The van der Waals surface area contributed by atoms with Crippen LogP contribution < -0.4 is 5.73 Å². The first-order valence-electron chi connectivity index (χ1n) is 4.21. The summed E-state index contributed by atoms with van der Waals surface area (Å²) in [6.45, 7) is 4.08. The van der Waals surface area contributed by atoms with E-state index in [9.17, 15) is 9.59 Å². The summed E-state index contributed by atoms with van der Waals surface area (Å²) in [5, 5.41) is 0. The van der Waals surface area contributed by atoms with Gasteiger partial charge in [0.15, 0.2) is 6.10 Å². The van der Waals surface area contributed by atoms with Crippen molar-refractivity contribution in [2.45, 2.75) is 26.1 Å². The van der Waals surface area contributed by atoms with Gasteiger partial charge in [-0.2, -0.15) is 0 Å². The highest BCUT2D eigenvalue weighted by atomic mass is 16.5. The minimum atomic E-state index is -0.660. The second kappa shape index (κ2) is 3.74. The van der Waals surface area contributed by atoms with Crippen molar-refractivity contribution in [1.82, 2.24) is 4.90 Å². The highest BCUT2D eigenvalue weighted by molar-refractivity contribution is 5.81. The Morgan fingerprint density at radius 3 is 2.54 bits per heavy atom. The van der Waals surface area contributed by atoms with Crippen molar-refractivity contribution in [2.75, 3.05) is 13.1 Å². The minimum absolute atomic E-state index is 0.0543. The van der Waals surface area contributed by atoms with Crippen LogP contribution in [0.3, 0.4) is 0 Å². The molecule has 0 aromatic rings. The van der Waals surface area contributed by atoms with Crippen molar-refractivity contribution < 1.29 is 14.3 Å². The van der Waals surface area contributed by atoms with Crippen LogP contribution in [0.1, 0.15) is 13.8 Å². The first kappa shape index (κ1) is 9.98. The van der Waals surface area contributed by atoms with E-state index >= 15 is 0 Å². The molecule has 1 heterocycles. The van der Waals surface area contributed by atoms with Gasteiger partial charge >= 0.3 is 0 Å². The van der Waals surface area contributed by atoms with E-state index in [2.05, 4.69) is 0 Å². The van der Waals surface area contributed by atoms with Gasteiger partial charge in [0.05, 0.1) is 12.6 Å². The van der Waals surface area contributed by atoms with Gasteiger partial charge in [-0.1, -0.05) is 0 Å². The van der Waals surface area contributed by atoms with Crippen LogP contribution in [-0.4, -0.2) is 42.0 Å².